The van der Waals surface area contributed by atoms with Crippen molar-refractivity contribution in [2.24, 2.45) is 0 Å². The number of aliphatic hydroxyl groups is 1. The summed E-state index contributed by atoms with van der Waals surface area (Å²) in [4.78, 5) is 30.3. The van der Waals surface area contributed by atoms with Gasteiger partial charge in [0.25, 0.3) is 5.56 Å². The largest absolute Gasteiger partial charge is 0.392 e. The van der Waals surface area contributed by atoms with Crippen LogP contribution in [0.1, 0.15) is 29.9 Å². The molecule has 0 aliphatic heterocycles. The van der Waals surface area contributed by atoms with Gasteiger partial charge in [-0.25, -0.2) is 14.4 Å². The van der Waals surface area contributed by atoms with E-state index in [0.29, 0.717) is 50.8 Å². The summed E-state index contributed by atoms with van der Waals surface area (Å²) in [6.07, 6.45) is 3.70. The molecule has 0 amide bonds. The minimum absolute atomic E-state index is 0.0182. The molecular weight excluding hydrogens is 495 g/mol. The van der Waals surface area contributed by atoms with Gasteiger partial charge >= 0.3 is 0 Å². The molecule has 1 fully saturated rings. The van der Waals surface area contributed by atoms with Gasteiger partial charge in [-0.2, -0.15) is 4.98 Å². The van der Waals surface area contributed by atoms with Gasteiger partial charge in [-0.05, 0) is 47.9 Å². The molecule has 3 aromatic carbocycles. The minimum atomic E-state index is -0.536. The van der Waals surface area contributed by atoms with E-state index in [9.17, 15) is 9.90 Å². The molecule has 0 atom stereocenters. The molecule has 3 heterocycles. The Kier molecular flexibility index (Phi) is 5.27. The van der Waals surface area contributed by atoms with Crippen molar-refractivity contribution in [3.8, 4) is 28.3 Å². The highest BCUT2D eigenvalue weighted by Gasteiger charge is 2.25. The Morgan fingerprint density at radius 1 is 1.03 bits per heavy atom. The lowest BCUT2D eigenvalue weighted by Crippen LogP contribution is -2.20. The van der Waals surface area contributed by atoms with Gasteiger partial charge in [-0.15, -0.1) is 0 Å². The summed E-state index contributed by atoms with van der Waals surface area (Å²) in [6.45, 7) is -0.402. The van der Waals surface area contributed by atoms with Crippen LogP contribution in [0.2, 0.25) is 0 Å². The summed E-state index contributed by atoms with van der Waals surface area (Å²) in [7, 11) is 0. The molecule has 3 aromatic heterocycles. The Morgan fingerprint density at radius 3 is 2.62 bits per heavy atom. The molecule has 0 spiro atoms. The fraction of sp³-hybridized carbons (Fsp3) is 0.133. The first-order chi connectivity index (χ1) is 19.0. The standard InChI is InChI=1S/C30H23FN6O2/c31-22-14-19(16-9-10-16)13-18-11-12-37(29(39)24(18)22)23-8-4-7-20(21(23)15-38)25-26-28(36-30(32)34-25)35-27(33-26)17-5-2-1-3-6-17/h1-8,11-14,16,38H,9-10,15H2,(H3,32,33,34,35,36). The van der Waals surface area contributed by atoms with Gasteiger partial charge in [0.2, 0.25) is 5.95 Å². The molecule has 7 rings (SSSR count). The lowest BCUT2D eigenvalue weighted by Gasteiger charge is -2.16. The molecule has 1 saturated carbocycles. The number of aliphatic hydroxyl groups excluding tert-OH is 1. The number of hydrogen-bond acceptors (Lipinski definition) is 6. The molecule has 8 nitrogen and oxygen atoms in total. The molecular formula is C30H23FN6O2. The van der Waals surface area contributed by atoms with Crippen molar-refractivity contribution in [1.29, 1.82) is 0 Å². The van der Waals surface area contributed by atoms with Gasteiger partial charge in [0.15, 0.2) is 5.65 Å². The molecule has 192 valence electrons. The number of H-pyrrole nitrogens is 1. The molecule has 0 radical (unpaired) electrons. The number of nitrogens with zero attached hydrogens (tertiary/aromatic N) is 4. The van der Waals surface area contributed by atoms with Crippen LogP contribution >= 0.6 is 0 Å². The second-order valence-electron chi connectivity index (χ2n) is 9.77. The van der Waals surface area contributed by atoms with Crippen molar-refractivity contribution in [2.75, 3.05) is 5.73 Å². The number of pyridine rings is 1. The zero-order valence-corrected chi connectivity index (χ0v) is 20.7. The fourth-order valence-corrected chi connectivity index (χ4v) is 5.22. The molecule has 0 bridgehead atoms. The van der Waals surface area contributed by atoms with Crippen molar-refractivity contribution in [2.45, 2.75) is 25.4 Å². The van der Waals surface area contributed by atoms with Gasteiger partial charge in [0, 0.05) is 22.9 Å². The van der Waals surface area contributed by atoms with Gasteiger partial charge in [-0.1, -0.05) is 48.5 Å². The number of rotatable bonds is 5. The number of aromatic nitrogens is 5. The molecule has 0 unspecified atom stereocenters. The van der Waals surface area contributed by atoms with Crippen LogP contribution in [0.4, 0.5) is 10.3 Å². The number of imidazole rings is 1. The van der Waals surface area contributed by atoms with Crippen LogP contribution in [0.5, 0.6) is 0 Å². The van der Waals surface area contributed by atoms with E-state index in [1.54, 1.807) is 30.5 Å². The molecule has 1 aliphatic rings. The van der Waals surface area contributed by atoms with Crippen LogP contribution in [0.25, 0.3) is 50.3 Å². The van der Waals surface area contributed by atoms with Crippen molar-refractivity contribution in [1.82, 2.24) is 24.5 Å². The SMILES string of the molecule is Nc1nc(-c2cccc(-n3ccc4cc(C5CC5)cc(F)c4c3=O)c2CO)c2nc(-c3ccccc3)[nH]c2n1. The van der Waals surface area contributed by atoms with Crippen LogP contribution in [0, 0.1) is 5.82 Å². The van der Waals surface area contributed by atoms with E-state index in [2.05, 4.69) is 15.0 Å². The van der Waals surface area contributed by atoms with E-state index >= 15 is 4.39 Å². The molecule has 9 heteroatoms. The molecule has 1 aliphatic carbocycles. The highest BCUT2D eigenvalue weighted by molar-refractivity contribution is 5.92. The van der Waals surface area contributed by atoms with Crippen molar-refractivity contribution in [3.05, 3.63) is 100 Å². The number of nitrogen functional groups attached to an aromatic ring is 1. The lowest BCUT2D eigenvalue weighted by molar-refractivity contribution is 0.282. The second-order valence-corrected chi connectivity index (χ2v) is 9.77. The molecule has 39 heavy (non-hydrogen) atoms. The summed E-state index contributed by atoms with van der Waals surface area (Å²) < 4.78 is 16.5. The average molecular weight is 519 g/mol. The Morgan fingerprint density at radius 2 is 1.85 bits per heavy atom. The van der Waals surface area contributed by atoms with Crippen LogP contribution in [-0.2, 0) is 6.61 Å². The third kappa shape index (κ3) is 3.86. The number of anilines is 1. The summed E-state index contributed by atoms with van der Waals surface area (Å²) in [5, 5.41) is 11.1. The number of aromatic amines is 1. The summed E-state index contributed by atoms with van der Waals surface area (Å²) in [5.41, 5.74) is 10.1. The third-order valence-corrected chi connectivity index (χ3v) is 7.26. The van der Waals surface area contributed by atoms with Crippen LogP contribution in [-0.4, -0.2) is 29.6 Å². The summed E-state index contributed by atoms with van der Waals surface area (Å²) in [6, 6.07) is 19.9. The first-order valence-electron chi connectivity index (χ1n) is 12.7. The topological polar surface area (TPSA) is 123 Å². The molecule has 4 N–H and O–H groups in total. The van der Waals surface area contributed by atoms with E-state index < -0.39 is 18.0 Å². The maximum Gasteiger partial charge on any atom is 0.265 e. The van der Waals surface area contributed by atoms with Gasteiger partial charge < -0.3 is 15.8 Å². The highest BCUT2D eigenvalue weighted by atomic mass is 19.1. The maximum atomic E-state index is 15.2. The van der Waals surface area contributed by atoms with E-state index in [-0.39, 0.29) is 11.3 Å². The van der Waals surface area contributed by atoms with Gasteiger partial charge in [-0.3, -0.25) is 9.36 Å². The average Bonchev–Trinajstić information content (AvgIpc) is 3.71. The van der Waals surface area contributed by atoms with Crippen molar-refractivity contribution in [3.63, 3.8) is 0 Å². The van der Waals surface area contributed by atoms with Crippen LogP contribution < -0.4 is 11.3 Å². The number of nitrogens with one attached hydrogen (secondary N) is 1. The first kappa shape index (κ1) is 23.2. The van der Waals surface area contributed by atoms with Crippen LogP contribution in [0.15, 0.2) is 77.7 Å². The van der Waals surface area contributed by atoms with Crippen LogP contribution in [0.3, 0.4) is 0 Å². The number of benzene rings is 3. The zero-order chi connectivity index (χ0) is 26.7. The number of hydrogen-bond donors (Lipinski definition) is 3. The smallest absolute Gasteiger partial charge is 0.265 e. The Hall–Kier alpha value is -4.89. The lowest BCUT2D eigenvalue weighted by atomic mass is 10.0. The Labute approximate surface area is 221 Å². The number of nitrogens with two attached hydrogens (primary N) is 1. The quantitative estimate of drug-likeness (QED) is 0.292. The Bertz CT molecular complexity index is 1960. The predicted molar refractivity (Wildman–Crippen MR) is 148 cm³/mol. The van der Waals surface area contributed by atoms with Gasteiger partial charge in [0.1, 0.15) is 22.9 Å². The molecule has 6 aromatic rings. The minimum Gasteiger partial charge on any atom is -0.392 e. The Balaban J connectivity index is 1.42. The normalized spacial score (nSPS) is 13.4. The predicted octanol–water partition coefficient (Wildman–Crippen LogP) is 5.08. The highest BCUT2D eigenvalue weighted by Crippen LogP contribution is 2.41. The van der Waals surface area contributed by atoms with Crippen molar-refractivity contribution < 1.29 is 9.50 Å². The monoisotopic (exact) mass is 518 g/mol. The van der Waals surface area contributed by atoms with Gasteiger partial charge in [0.05, 0.1) is 17.7 Å². The number of fused-ring (bicyclic) bond motifs is 2. The maximum absolute atomic E-state index is 15.2. The number of halogens is 1. The van der Waals surface area contributed by atoms with E-state index in [4.69, 9.17) is 10.7 Å². The summed E-state index contributed by atoms with van der Waals surface area (Å²) >= 11 is 0. The first-order valence-corrected chi connectivity index (χ1v) is 12.7. The van der Waals surface area contributed by atoms with E-state index in [0.717, 1.165) is 24.0 Å². The third-order valence-electron chi connectivity index (χ3n) is 7.26. The zero-order valence-electron chi connectivity index (χ0n) is 20.7. The second kappa shape index (κ2) is 8.85. The van der Waals surface area contributed by atoms with E-state index in [1.807, 2.05) is 36.4 Å². The summed E-state index contributed by atoms with van der Waals surface area (Å²) in [5.74, 6) is 0.461. The van der Waals surface area contributed by atoms with E-state index in [1.165, 1.54) is 10.6 Å². The fourth-order valence-electron chi connectivity index (χ4n) is 5.22. The van der Waals surface area contributed by atoms with Crippen molar-refractivity contribution >= 4 is 27.9 Å². The molecule has 0 saturated heterocycles.